The Morgan fingerprint density at radius 2 is 1.89 bits per heavy atom. The van der Waals surface area contributed by atoms with Crippen molar-refractivity contribution >= 4 is 17.7 Å². The molecule has 0 saturated heterocycles. The van der Waals surface area contributed by atoms with E-state index in [9.17, 15) is 14.4 Å². The molecule has 0 spiro atoms. The lowest BCUT2D eigenvalue weighted by Crippen LogP contribution is -2.35. The topological polar surface area (TPSA) is 84.9 Å². The van der Waals surface area contributed by atoms with Gasteiger partial charge in [0, 0.05) is 38.8 Å². The first-order chi connectivity index (χ1) is 9.15. The number of imide groups is 1. The molecule has 0 atom stereocenters. The Bertz CT molecular complexity index is 349. The molecule has 0 bridgehead atoms. The average Bonchev–Trinajstić information content (AvgIpc) is 2.71. The zero-order chi connectivity index (χ0) is 14.1. The first-order valence-corrected chi connectivity index (χ1v) is 6.02. The predicted molar refractivity (Wildman–Crippen MR) is 66.2 cm³/mol. The van der Waals surface area contributed by atoms with Gasteiger partial charge in [-0.2, -0.15) is 0 Å². The first kappa shape index (κ1) is 15.3. The van der Waals surface area contributed by atoms with Crippen LogP contribution in [-0.4, -0.2) is 62.6 Å². The Morgan fingerprint density at radius 1 is 1.21 bits per heavy atom. The molecule has 1 aliphatic rings. The van der Waals surface area contributed by atoms with E-state index >= 15 is 0 Å². The molecule has 106 valence electrons. The van der Waals surface area contributed by atoms with E-state index < -0.39 is 0 Å². The molecule has 7 nitrogen and oxygen atoms in total. The molecule has 0 aromatic heterocycles. The number of carbonyl (C=O) groups is 3. The molecule has 1 N–H and O–H groups in total. The van der Waals surface area contributed by atoms with Crippen LogP contribution in [-0.2, 0) is 23.9 Å². The number of ether oxygens (including phenoxy) is 2. The van der Waals surface area contributed by atoms with Gasteiger partial charge in [-0.25, -0.2) is 0 Å². The van der Waals surface area contributed by atoms with Crippen LogP contribution in [0.15, 0.2) is 12.2 Å². The van der Waals surface area contributed by atoms with Gasteiger partial charge < -0.3 is 14.8 Å². The summed E-state index contributed by atoms with van der Waals surface area (Å²) in [6, 6.07) is 0. The fourth-order valence-corrected chi connectivity index (χ4v) is 1.46. The fourth-order valence-electron chi connectivity index (χ4n) is 1.46. The van der Waals surface area contributed by atoms with Gasteiger partial charge in [-0.15, -0.1) is 0 Å². The van der Waals surface area contributed by atoms with Crippen LogP contribution in [0.2, 0.25) is 0 Å². The summed E-state index contributed by atoms with van der Waals surface area (Å²) in [4.78, 5) is 34.9. The molecule has 1 heterocycles. The largest absolute Gasteiger partial charge is 0.382 e. The summed E-state index contributed by atoms with van der Waals surface area (Å²) in [5.41, 5.74) is 0. The third-order valence-electron chi connectivity index (χ3n) is 2.46. The van der Waals surface area contributed by atoms with Gasteiger partial charge in [0.05, 0.1) is 19.8 Å². The number of nitrogens with one attached hydrogen (secondary N) is 1. The van der Waals surface area contributed by atoms with Crippen LogP contribution >= 0.6 is 0 Å². The monoisotopic (exact) mass is 270 g/mol. The van der Waals surface area contributed by atoms with Crippen molar-refractivity contribution in [3.05, 3.63) is 12.2 Å². The van der Waals surface area contributed by atoms with Crippen molar-refractivity contribution < 1.29 is 23.9 Å². The minimum atomic E-state index is -0.374. The number of carbonyl (C=O) groups excluding carboxylic acids is 3. The van der Waals surface area contributed by atoms with E-state index in [1.807, 2.05) is 0 Å². The maximum absolute atomic E-state index is 11.4. The molecule has 19 heavy (non-hydrogen) atoms. The van der Waals surface area contributed by atoms with E-state index in [1.165, 1.54) is 12.2 Å². The molecule has 0 aliphatic carbocycles. The highest BCUT2D eigenvalue weighted by Gasteiger charge is 2.23. The van der Waals surface area contributed by atoms with Crippen LogP contribution in [0.4, 0.5) is 0 Å². The Labute approximate surface area is 111 Å². The normalized spacial score (nSPS) is 14.3. The highest BCUT2D eigenvalue weighted by atomic mass is 16.5. The third kappa shape index (κ3) is 5.62. The average molecular weight is 270 g/mol. The van der Waals surface area contributed by atoms with Crippen LogP contribution in [0.25, 0.3) is 0 Å². The smallest absolute Gasteiger partial charge is 0.253 e. The highest BCUT2D eigenvalue weighted by molar-refractivity contribution is 6.13. The van der Waals surface area contributed by atoms with Crippen LogP contribution in [0.1, 0.15) is 6.42 Å². The van der Waals surface area contributed by atoms with E-state index in [-0.39, 0.29) is 30.7 Å². The van der Waals surface area contributed by atoms with E-state index in [2.05, 4.69) is 5.32 Å². The van der Waals surface area contributed by atoms with Gasteiger partial charge in [-0.3, -0.25) is 19.3 Å². The molecule has 0 fully saturated rings. The van der Waals surface area contributed by atoms with E-state index in [0.717, 1.165) is 4.90 Å². The van der Waals surface area contributed by atoms with Gasteiger partial charge in [0.25, 0.3) is 11.8 Å². The Hall–Kier alpha value is -1.73. The zero-order valence-corrected chi connectivity index (χ0v) is 10.9. The summed E-state index contributed by atoms with van der Waals surface area (Å²) in [7, 11) is 1.58. The molecular formula is C12H18N2O5. The number of nitrogens with zero attached hydrogens (tertiary/aromatic N) is 1. The van der Waals surface area contributed by atoms with Crippen LogP contribution in [0.5, 0.6) is 0 Å². The molecule has 0 radical (unpaired) electrons. The van der Waals surface area contributed by atoms with Crippen molar-refractivity contribution in [1.82, 2.24) is 10.2 Å². The van der Waals surface area contributed by atoms with Gasteiger partial charge in [-0.1, -0.05) is 0 Å². The summed E-state index contributed by atoms with van der Waals surface area (Å²) < 4.78 is 9.97. The van der Waals surface area contributed by atoms with Crippen molar-refractivity contribution in [2.45, 2.75) is 6.42 Å². The van der Waals surface area contributed by atoms with Crippen molar-refractivity contribution in [2.24, 2.45) is 0 Å². The Kier molecular flexibility index (Phi) is 6.76. The summed E-state index contributed by atoms with van der Waals surface area (Å²) in [6.45, 7) is 1.89. The Morgan fingerprint density at radius 3 is 2.53 bits per heavy atom. The Balaban J connectivity index is 2.05. The highest BCUT2D eigenvalue weighted by Crippen LogP contribution is 2.03. The van der Waals surface area contributed by atoms with Crippen molar-refractivity contribution in [3.63, 3.8) is 0 Å². The zero-order valence-electron chi connectivity index (χ0n) is 10.9. The van der Waals surface area contributed by atoms with Gasteiger partial charge in [0.15, 0.2) is 0 Å². The number of amides is 3. The van der Waals surface area contributed by atoms with Crippen LogP contribution < -0.4 is 5.32 Å². The number of hydrogen-bond acceptors (Lipinski definition) is 5. The lowest BCUT2D eigenvalue weighted by Gasteiger charge is -2.13. The number of hydrogen-bond donors (Lipinski definition) is 1. The maximum atomic E-state index is 11.4. The molecule has 3 amide bonds. The van der Waals surface area contributed by atoms with Crippen LogP contribution in [0, 0.1) is 0 Å². The summed E-state index contributed by atoms with van der Waals surface area (Å²) in [6.07, 6.45) is 2.49. The maximum Gasteiger partial charge on any atom is 0.253 e. The van der Waals surface area contributed by atoms with Crippen molar-refractivity contribution in [1.29, 1.82) is 0 Å². The molecule has 1 rings (SSSR count). The SMILES string of the molecule is COCCOCCNC(=O)CCN1C(=O)C=CC1=O. The second kappa shape index (κ2) is 8.39. The molecule has 0 aromatic carbocycles. The second-order valence-corrected chi connectivity index (χ2v) is 3.87. The quantitative estimate of drug-likeness (QED) is 0.433. The fraction of sp³-hybridized carbons (Fsp3) is 0.583. The summed E-state index contributed by atoms with van der Waals surface area (Å²) in [5.74, 6) is -0.968. The van der Waals surface area contributed by atoms with Crippen molar-refractivity contribution in [3.8, 4) is 0 Å². The minimum absolute atomic E-state index is 0.0945. The van der Waals surface area contributed by atoms with E-state index in [0.29, 0.717) is 26.4 Å². The molecule has 0 saturated carbocycles. The molecule has 1 aliphatic heterocycles. The summed E-state index contributed by atoms with van der Waals surface area (Å²) >= 11 is 0. The molecular weight excluding hydrogens is 252 g/mol. The second-order valence-electron chi connectivity index (χ2n) is 3.87. The molecule has 0 unspecified atom stereocenters. The first-order valence-electron chi connectivity index (χ1n) is 6.02. The predicted octanol–water partition coefficient (Wildman–Crippen LogP) is -0.919. The van der Waals surface area contributed by atoms with Gasteiger partial charge in [0.2, 0.25) is 5.91 Å². The van der Waals surface area contributed by atoms with Crippen LogP contribution in [0.3, 0.4) is 0 Å². The summed E-state index contributed by atoms with van der Waals surface area (Å²) in [5, 5.41) is 2.64. The van der Waals surface area contributed by atoms with E-state index in [1.54, 1.807) is 7.11 Å². The third-order valence-corrected chi connectivity index (χ3v) is 2.46. The molecule has 7 heteroatoms. The molecule has 0 aromatic rings. The van der Waals surface area contributed by atoms with Gasteiger partial charge >= 0.3 is 0 Å². The lowest BCUT2D eigenvalue weighted by atomic mass is 10.3. The number of methoxy groups -OCH3 is 1. The van der Waals surface area contributed by atoms with Gasteiger partial charge in [-0.05, 0) is 0 Å². The number of rotatable bonds is 9. The van der Waals surface area contributed by atoms with Crippen molar-refractivity contribution in [2.75, 3.05) is 40.0 Å². The minimum Gasteiger partial charge on any atom is -0.382 e. The standard InChI is InChI=1S/C12H18N2O5/c1-18-8-9-19-7-5-13-10(15)4-6-14-11(16)2-3-12(14)17/h2-3H,4-9H2,1H3,(H,13,15). The van der Waals surface area contributed by atoms with E-state index in [4.69, 9.17) is 9.47 Å². The lowest BCUT2D eigenvalue weighted by molar-refractivity contribution is -0.137. The van der Waals surface area contributed by atoms with Gasteiger partial charge in [0.1, 0.15) is 0 Å².